The van der Waals surface area contributed by atoms with Gasteiger partial charge in [0.1, 0.15) is 5.65 Å². The number of hydrogen-bond acceptors (Lipinski definition) is 4. The van der Waals surface area contributed by atoms with Crippen LogP contribution >= 0.6 is 0 Å². The minimum atomic E-state index is 0.119. The van der Waals surface area contributed by atoms with Crippen LogP contribution < -0.4 is 4.90 Å². The van der Waals surface area contributed by atoms with E-state index in [0.29, 0.717) is 0 Å². The summed E-state index contributed by atoms with van der Waals surface area (Å²) in [6.45, 7) is 5.13. The number of anilines is 1. The van der Waals surface area contributed by atoms with Gasteiger partial charge in [-0.15, -0.1) is 0 Å². The van der Waals surface area contributed by atoms with Gasteiger partial charge in [0, 0.05) is 43.6 Å². The molecule has 4 heterocycles. The van der Waals surface area contributed by atoms with Gasteiger partial charge in [-0.2, -0.15) is 0 Å². The largest absolute Gasteiger partial charge is 0.378 e. The third kappa shape index (κ3) is 3.60. The minimum absolute atomic E-state index is 0.119. The first-order chi connectivity index (χ1) is 14.3. The van der Waals surface area contributed by atoms with E-state index in [1.807, 2.05) is 33.8 Å². The molecule has 2 fully saturated rings. The first-order valence-electron chi connectivity index (χ1n) is 10.5. The lowest BCUT2D eigenvalue weighted by Crippen LogP contribution is -2.36. The molecular weight excluding hydrogens is 364 g/mol. The molecule has 29 heavy (non-hydrogen) atoms. The van der Waals surface area contributed by atoms with Gasteiger partial charge in [0.2, 0.25) is 0 Å². The fourth-order valence-corrected chi connectivity index (χ4v) is 4.26. The average molecular weight is 390 g/mol. The zero-order chi connectivity index (χ0) is 19.6. The lowest BCUT2D eigenvalue weighted by atomic mass is 10.1. The second-order valence-electron chi connectivity index (χ2n) is 7.79. The van der Waals surface area contributed by atoms with Gasteiger partial charge < -0.3 is 14.5 Å². The molecule has 1 aromatic carbocycles. The van der Waals surface area contributed by atoms with Gasteiger partial charge >= 0.3 is 0 Å². The number of amides is 1. The zero-order valence-corrected chi connectivity index (χ0v) is 16.6. The van der Waals surface area contributed by atoms with Gasteiger partial charge in [-0.3, -0.25) is 9.20 Å². The number of rotatable bonds is 3. The molecule has 5 rings (SSSR count). The first kappa shape index (κ1) is 18.2. The van der Waals surface area contributed by atoms with Crippen LogP contribution in [0.15, 0.2) is 48.8 Å². The molecule has 0 N–H and O–H groups in total. The number of nitrogens with zero attached hydrogens (tertiary/aromatic N) is 4. The molecule has 0 unspecified atom stereocenters. The number of likely N-dealkylation sites (tertiary alicyclic amines) is 1. The zero-order valence-electron chi connectivity index (χ0n) is 16.6. The van der Waals surface area contributed by atoms with Crippen LogP contribution in [0.4, 0.5) is 5.69 Å². The highest BCUT2D eigenvalue weighted by Gasteiger charge is 2.19. The van der Waals surface area contributed by atoms with Gasteiger partial charge in [-0.25, -0.2) is 4.98 Å². The van der Waals surface area contributed by atoms with E-state index in [9.17, 15) is 4.79 Å². The molecular formula is C23H26N4O2. The highest BCUT2D eigenvalue weighted by Crippen LogP contribution is 2.25. The van der Waals surface area contributed by atoms with Crippen molar-refractivity contribution in [3.63, 3.8) is 0 Å². The van der Waals surface area contributed by atoms with Crippen LogP contribution in [0.3, 0.4) is 0 Å². The fourth-order valence-electron chi connectivity index (χ4n) is 4.26. The summed E-state index contributed by atoms with van der Waals surface area (Å²) in [5.41, 5.74) is 4.89. The van der Waals surface area contributed by atoms with Crippen LogP contribution in [0.25, 0.3) is 16.9 Å². The first-order valence-corrected chi connectivity index (χ1v) is 10.5. The van der Waals surface area contributed by atoms with E-state index in [1.54, 1.807) is 0 Å². The predicted molar refractivity (Wildman–Crippen MR) is 113 cm³/mol. The molecule has 0 bridgehead atoms. The summed E-state index contributed by atoms with van der Waals surface area (Å²) >= 11 is 0. The topological polar surface area (TPSA) is 50.1 Å². The van der Waals surface area contributed by atoms with Crippen LogP contribution in [0.2, 0.25) is 0 Å². The number of benzene rings is 1. The summed E-state index contributed by atoms with van der Waals surface area (Å²) in [5.74, 6) is 0.119. The summed E-state index contributed by atoms with van der Waals surface area (Å²) in [4.78, 5) is 21.8. The molecule has 2 aliphatic rings. The minimum Gasteiger partial charge on any atom is -0.378 e. The SMILES string of the molecule is O=C(c1ccc2ncc(-c3ccc(N4CCOCC4)cc3)n2c1)N1CCCCC1. The Hall–Kier alpha value is -2.86. The van der Waals surface area contributed by atoms with Crippen molar-refractivity contribution in [3.8, 4) is 11.3 Å². The van der Waals surface area contributed by atoms with Crippen LogP contribution in [0.5, 0.6) is 0 Å². The summed E-state index contributed by atoms with van der Waals surface area (Å²) in [6.07, 6.45) is 7.23. The number of carbonyl (C=O) groups is 1. The van der Waals surface area contributed by atoms with E-state index in [4.69, 9.17) is 4.74 Å². The number of piperidine rings is 1. The normalized spacial score (nSPS) is 17.7. The number of ether oxygens (including phenoxy) is 1. The lowest BCUT2D eigenvalue weighted by Gasteiger charge is -2.28. The maximum Gasteiger partial charge on any atom is 0.255 e. The lowest BCUT2D eigenvalue weighted by molar-refractivity contribution is 0.0724. The molecule has 0 aliphatic carbocycles. The van der Waals surface area contributed by atoms with Crippen LogP contribution in [0, 0.1) is 0 Å². The van der Waals surface area contributed by atoms with Crippen LogP contribution in [0.1, 0.15) is 29.6 Å². The van der Waals surface area contributed by atoms with Crippen molar-refractivity contribution < 1.29 is 9.53 Å². The fraction of sp³-hybridized carbons (Fsp3) is 0.391. The molecule has 0 saturated carbocycles. The molecule has 1 amide bonds. The Morgan fingerprint density at radius 2 is 1.66 bits per heavy atom. The molecule has 2 saturated heterocycles. The molecule has 0 radical (unpaired) electrons. The maximum atomic E-state index is 12.9. The molecule has 2 aliphatic heterocycles. The Kier molecular flexibility index (Phi) is 4.94. The Morgan fingerprint density at radius 1 is 0.897 bits per heavy atom. The van der Waals surface area contributed by atoms with Crippen molar-refractivity contribution in [1.29, 1.82) is 0 Å². The second kappa shape index (κ2) is 7.87. The molecule has 3 aromatic rings. The highest BCUT2D eigenvalue weighted by atomic mass is 16.5. The van der Waals surface area contributed by atoms with Crippen molar-refractivity contribution in [2.45, 2.75) is 19.3 Å². The van der Waals surface area contributed by atoms with Gasteiger partial charge in [0.05, 0.1) is 30.7 Å². The van der Waals surface area contributed by atoms with E-state index in [0.717, 1.165) is 74.7 Å². The second-order valence-corrected chi connectivity index (χ2v) is 7.79. The van der Waals surface area contributed by atoms with E-state index in [-0.39, 0.29) is 5.91 Å². The number of imidazole rings is 1. The third-order valence-corrected chi connectivity index (χ3v) is 5.94. The standard InChI is InChI=1S/C23H26N4O2/c28-23(26-10-2-1-3-11-26)19-6-9-22-24-16-21(27(22)17-19)18-4-7-20(8-5-18)25-12-14-29-15-13-25/h4-9,16-17H,1-3,10-15H2. The van der Waals surface area contributed by atoms with Gasteiger partial charge in [-0.1, -0.05) is 12.1 Å². The number of hydrogen-bond donors (Lipinski definition) is 0. The van der Waals surface area contributed by atoms with Crippen molar-refractivity contribution in [3.05, 3.63) is 54.4 Å². The third-order valence-electron chi connectivity index (χ3n) is 5.94. The average Bonchev–Trinajstić information content (AvgIpc) is 3.23. The Morgan fingerprint density at radius 3 is 2.41 bits per heavy atom. The molecule has 2 aromatic heterocycles. The van der Waals surface area contributed by atoms with Crippen molar-refractivity contribution in [2.24, 2.45) is 0 Å². The number of morpholine rings is 1. The summed E-state index contributed by atoms with van der Waals surface area (Å²) in [7, 11) is 0. The number of fused-ring (bicyclic) bond motifs is 1. The van der Waals surface area contributed by atoms with E-state index < -0.39 is 0 Å². The quantitative estimate of drug-likeness (QED) is 0.687. The summed E-state index contributed by atoms with van der Waals surface area (Å²) in [6, 6.07) is 12.4. The van der Waals surface area contributed by atoms with Gasteiger partial charge in [0.15, 0.2) is 0 Å². The maximum absolute atomic E-state index is 12.9. The van der Waals surface area contributed by atoms with E-state index in [1.165, 1.54) is 12.1 Å². The van der Waals surface area contributed by atoms with Gasteiger partial charge in [-0.05, 0) is 43.5 Å². The monoisotopic (exact) mass is 390 g/mol. The van der Waals surface area contributed by atoms with Crippen molar-refractivity contribution in [1.82, 2.24) is 14.3 Å². The molecule has 6 nitrogen and oxygen atoms in total. The summed E-state index contributed by atoms with van der Waals surface area (Å²) < 4.78 is 7.47. The highest BCUT2D eigenvalue weighted by molar-refractivity contribution is 5.94. The molecule has 0 spiro atoms. The molecule has 150 valence electrons. The van der Waals surface area contributed by atoms with Gasteiger partial charge in [0.25, 0.3) is 5.91 Å². The Bertz CT molecular complexity index is 999. The molecule has 0 atom stereocenters. The van der Waals surface area contributed by atoms with E-state index >= 15 is 0 Å². The van der Waals surface area contributed by atoms with E-state index in [2.05, 4.69) is 34.1 Å². The predicted octanol–water partition coefficient (Wildman–Crippen LogP) is 3.46. The van der Waals surface area contributed by atoms with Crippen molar-refractivity contribution in [2.75, 3.05) is 44.3 Å². The Labute approximate surface area is 170 Å². The molecule has 6 heteroatoms. The smallest absolute Gasteiger partial charge is 0.255 e. The Balaban J connectivity index is 1.43. The van der Waals surface area contributed by atoms with Crippen LogP contribution in [-0.4, -0.2) is 59.6 Å². The van der Waals surface area contributed by atoms with Crippen molar-refractivity contribution >= 4 is 17.2 Å². The summed E-state index contributed by atoms with van der Waals surface area (Å²) in [5, 5.41) is 0. The number of carbonyl (C=O) groups excluding carboxylic acids is 1. The number of pyridine rings is 1. The van der Waals surface area contributed by atoms with Crippen LogP contribution in [-0.2, 0) is 4.74 Å². The number of aromatic nitrogens is 2.